The van der Waals surface area contributed by atoms with Crippen LogP contribution in [0.2, 0.25) is 5.02 Å². The molecule has 0 aliphatic carbocycles. The van der Waals surface area contributed by atoms with E-state index >= 15 is 0 Å². The molecule has 1 atom stereocenters. The summed E-state index contributed by atoms with van der Waals surface area (Å²) >= 11 is 5.92. The lowest BCUT2D eigenvalue weighted by atomic mass is 10.1. The zero-order valence-corrected chi connectivity index (χ0v) is 14.4. The number of amides is 1. The van der Waals surface area contributed by atoms with E-state index in [1.165, 1.54) is 0 Å². The van der Waals surface area contributed by atoms with Crippen LogP contribution in [-0.4, -0.2) is 33.9 Å². The van der Waals surface area contributed by atoms with Crippen molar-refractivity contribution >= 4 is 17.5 Å². The molecule has 2 N–H and O–H groups in total. The van der Waals surface area contributed by atoms with Crippen LogP contribution in [0.25, 0.3) is 5.69 Å². The molecule has 5 nitrogen and oxygen atoms in total. The standard InChI is InChI=1S/C17H22ClN3O2/c1-11(10-22)9-19-17(23)8-16-12(2)20-21(13(16)3)15-6-4-14(18)5-7-15/h4-7,11,22H,8-10H2,1-3H3,(H,19,23). The monoisotopic (exact) mass is 335 g/mol. The number of carbonyl (C=O) groups excluding carboxylic acids is 1. The summed E-state index contributed by atoms with van der Waals surface area (Å²) in [6, 6.07) is 7.43. The minimum Gasteiger partial charge on any atom is -0.396 e. The number of aliphatic hydroxyl groups excluding tert-OH is 1. The van der Waals surface area contributed by atoms with Gasteiger partial charge in [0.2, 0.25) is 5.91 Å². The SMILES string of the molecule is Cc1nn(-c2ccc(Cl)cc2)c(C)c1CC(=O)NCC(C)CO. The summed E-state index contributed by atoms with van der Waals surface area (Å²) in [5, 5.41) is 17.0. The predicted octanol–water partition coefficient (Wildman–Crippen LogP) is 2.43. The molecule has 0 fully saturated rings. The quantitative estimate of drug-likeness (QED) is 0.852. The summed E-state index contributed by atoms with van der Waals surface area (Å²) in [5.41, 5.74) is 3.61. The molecular formula is C17H22ClN3O2. The molecule has 6 heteroatoms. The van der Waals surface area contributed by atoms with Crippen LogP contribution in [0.15, 0.2) is 24.3 Å². The van der Waals surface area contributed by atoms with Crippen molar-refractivity contribution in [1.82, 2.24) is 15.1 Å². The maximum absolute atomic E-state index is 12.1. The van der Waals surface area contributed by atoms with Gasteiger partial charge in [-0.1, -0.05) is 18.5 Å². The highest BCUT2D eigenvalue weighted by Crippen LogP contribution is 2.20. The Morgan fingerprint density at radius 2 is 2.00 bits per heavy atom. The number of aryl methyl sites for hydroxylation is 1. The molecule has 0 bridgehead atoms. The number of carbonyl (C=O) groups is 1. The highest BCUT2D eigenvalue weighted by Gasteiger charge is 2.16. The van der Waals surface area contributed by atoms with Gasteiger partial charge in [-0.05, 0) is 44.0 Å². The van der Waals surface area contributed by atoms with Gasteiger partial charge in [-0.2, -0.15) is 5.10 Å². The van der Waals surface area contributed by atoms with E-state index in [1.807, 2.05) is 49.7 Å². The molecule has 0 spiro atoms. The summed E-state index contributed by atoms with van der Waals surface area (Å²) in [6.07, 6.45) is 0.281. The number of aliphatic hydroxyl groups is 1. The summed E-state index contributed by atoms with van der Waals surface area (Å²) in [6.45, 7) is 6.27. The third-order valence-corrected chi connectivity index (χ3v) is 4.06. The van der Waals surface area contributed by atoms with Gasteiger partial charge in [0.05, 0.1) is 17.8 Å². The molecule has 1 amide bonds. The lowest BCUT2D eigenvalue weighted by Gasteiger charge is -2.10. The number of hydrogen-bond acceptors (Lipinski definition) is 3. The Kier molecular flexibility index (Phi) is 5.80. The van der Waals surface area contributed by atoms with E-state index < -0.39 is 0 Å². The van der Waals surface area contributed by atoms with Gasteiger partial charge in [0.25, 0.3) is 0 Å². The number of hydrogen-bond donors (Lipinski definition) is 2. The Labute approximate surface area is 141 Å². The molecule has 1 heterocycles. The molecule has 0 saturated heterocycles. The number of nitrogens with zero attached hydrogens (tertiary/aromatic N) is 2. The average Bonchev–Trinajstić information content (AvgIpc) is 2.81. The lowest BCUT2D eigenvalue weighted by Crippen LogP contribution is -2.31. The normalized spacial score (nSPS) is 12.2. The fourth-order valence-electron chi connectivity index (χ4n) is 2.34. The lowest BCUT2D eigenvalue weighted by molar-refractivity contribution is -0.120. The van der Waals surface area contributed by atoms with E-state index in [1.54, 1.807) is 0 Å². The van der Waals surface area contributed by atoms with Crippen LogP contribution < -0.4 is 5.32 Å². The van der Waals surface area contributed by atoms with Crippen LogP contribution in [0.4, 0.5) is 0 Å². The van der Waals surface area contributed by atoms with E-state index in [9.17, 15) is 4.79 Å². The Morgan fingerprint density at radius 1 is 1.35 bits per heavy atom. The second-order valence-electron chi connectivity index (χ2n) is 5.81. The maximum atomic E-state index is 12.1. The number of halogens is 1. The average molecular weight is 336 g/mol. The second-order valence-corrected chi connectivity index (χ2v) is 6.24. The largest absolute Gasteiger partial charge is 0.396 e. The van der Waals surface area contributed by atoms with Crippen molar-refractivity contribution in [2.24, 2.45) is 5.92 Å². The minimum atomic E-state index is -0.0628. The van der Waals surface area contributed by atoms with Crippen molar-refractivity contribution < 1.29 is 9.90 Å². The van der Waals surface area contributed by atoms with Crippen molar-refractivity contribution in [1.29, 1.82) is 0 Å². The van der Waals surface area contributed by atoms with Gasteiger partial charge in [0.15, 0.2) is 0 Å². The molecule has 1 aromatic carbocycles. The molecule has 0 aliphatic heterocycles. The highest BCUT2D eigenvalue weighted by molar-refractivity contribution is 6.30. The molecule has 1 unspecified atom stereocenters. The summed E-state index contributed by atoms with van der Waals surface area (Å²) in [5.74, 6) is -0.00918. The highest BCUT2D eigenvalue weighted by atomic mass is 35.5. The molecular weight excluding hydrogens is 314 g/mol. The topological polar surface area (TPSA) is 67.2 Å². The van der Waals surface area contributed by atoms with Gasteiger partial charge < -0.3 is 10.4 Å². The summed E-state index contributed by atoms with van der Waals surface area (Å²) in [7, 11) is 0. The van der Waals surface area contributed by atoms with Crippen molar-refractivity contribution in [2.75, 3.05) is 13.2 Å². The van der Waals surface area contributed by atoms with Gasteiger partial charge in [-0.25, -0.2) is 4.68 Å². The second kappa shape index (κ2) is 7.62. The molecule has 0 saturated carbocycles. The molecule has 0 radical (unpaired) electrons. The predicted molar refractivity (Wildman–Crippen MR) is 91.0 cm³/mol. The smallest absolute Gasteiger partial charge is 0.224 e. The first-order valence-electron chi connectivity index (χ1n) is 7.61. The van der Waals surface area contributed by atoms with Crippen LogP contribution >= 0.6 is 11.6 Å². The van der Waals surface area contributed by atoms with Crippen LogP contribution in [0.3, 0.4) is 0 Å². The van der Waals surface area contributed by atoms with E-state index in [0.717, 1.165) is 22.6 Å². The van der Waals surface area contributed by atoms with Crippen molar-refractivity contribution in [2.45, 2.75) is 27.2 Å². The van der Waals surface area contributed by atoms with E-state index in [2.05, 4.69) is 10.4 Å². The molecule has 23 heavy (non-hydrogen) atoms. The Hall–Kier alpha value is -1.85. The Morgan fingerprint density at radius 3 is 2.61 bits per heavy atom. The molecule has 2 rings (SSSR count). The van der Waals surface area contributed by atoms with Crippen molar-refractivity contribution in [3.8, 4) is 5.69 Å². The van der Waals surface area contributed by atoms with Crippen LogP contribution in [-0.2, 0) is 11.2 Å². The first-order chi connectivity index (χ1) is 10.9. The van der Waals surface area contributed by atoms with Crippen molar-refractivity contribution in [3.63, 3.8) is 0 Å². The molecule has 124 valence electrons. The van der Waals surface area contributed by atoms with E-state index in [4.69, 9.17) is 16.7 Å². The number of rotatable bonds is 6. The number of nitrogens with one attached hydrogen (secondary N) is 1. The maximum Gasteiger partial charge on any atom is 0.224 e. The van der Waals surface area contributed by atoms with Crippen LogP contribution in [0.1, 0.15) is 23.9 Å². The third kappa shape index (κ3) is 4.33. The number of benzene rings is 1. The molecule has 0 aliphatic rings. The van der Waals surface area contributed by atoms with Gasteiger partial charge in [0.1, 0.15) is 0 Å². The molecule has 1 aromatic heterocycles. The summed E-state index contributed by atoms with van der Waals surface area (Å²) < 4.78 is 1.82. The molecule has 2 aromatic rings. The van der Waals surface area contributed by atoms with E-state index in [-0.39, 0.29) is 24.9 Å². The fourth-order valence-corrected chi connectivity index (χ4v) is 2.47. The minimum absolute atomic E-state index is 0.0536. The van der Waals surface area contributed by atoms with Gasteiger partial charge in [-0.3, -0.25) is 4.79 Å². The zero-order valence-electron chi connectivity index (χ0n) is 13.6. The number of aromatic nitrogens is 2. The first kappa shape index (κ1) is 17.5. The van der Waals surface area contributed by atoms with Crippen LogP contribution in [0.5, 0.6) is 0 Å². The first-order valence-corrected chi connectivity index (χ1v) is 7.98. The van der Waals surface area contributed by atoms with Gasteiger partial charge >= 0.3 is 0 Å². The Balaban J connectivity index is 2.14. The van der Waals surface area contributed by atoms with E-state index in [0.29, 0.717) is 11.6 Å². The van der Waals surface area contributed by atoms with Gasteiger partial charge in [-0.15, -0.1) is 0 Å². The zero-order chi connectivity index (χ0) is 17.0. The third-order valence-electron chi connectivity index (χ3n) is 3.81. The van der Waals surface area contributed by atoms with Crippen LogP contribution in [0, 0.1) is 19.8 Å². The van der Waals surface area contributed by atoms with Gasteiger partial charge in [0, 0.05) is 29.4 Å². The van der Waals surface area contributed by atoms with Crippen molar-refractivity contribution in [3.05, 3.63) is 46.2 Å². The fraction of sp³-hybridized carbons (Fsp3) is 0.412. The summed E-state index contributed by atoms with van der Waals surface area (Å²) in [4.78, 5) is 12.1. The Bertz CT molecular complexity index is 680.